The van der Waals surface area contributed by atoms with Gasteiger partial charge >= 0.3 is 5.97 Å². The Labute approximate surface area is 89.6 Å². The van der Waals surface area contributed by atoms with Crippen molar-refractivity contribution in [1.29, 1.82) is 0 Å². The van der Waals surface area contributed by atoms with Gasteiger partial charge in [0.2, 0.25) is 6.54 Å². The van der Waals surface area contributed by atoms with E-state index in [0.29, 0.717) is 12.8 Å². The predicted molar refractivity (Wildman–Crippen MR) is 56.2 cm³/mol. The fraction of sp³-hybridized carbons (Fsp3) is 0.900. The van der Waals surface area contributed by atoms with Gasteiger partial charge in [-0.2, -0.15) is 0 Å². The largest absolute Gasteiger partial charge is 0.481 e. The zero-order chi connectivity index (χ0) is 12.0. The maximum absolute atomic E-state index is 10.9. The van der Waals surface area contributed by atoms with Gasteiger partial charge in [-0.05, 0) is 18.8 Å². The monoisotopic (exact) mass is 217 g/mol. The van der Waals surface area contributed by atoms with Crippen LogP contribution in [-0.4, -0.2) is 22.5 Å². The SMILES string of the molecule is CCC(C(=O)O)C(CC(C)C)C[N+](=O)[O-]. The number of rotatable bonds is 7. The van der Waals surface area contributed by atoms with Crippen LogP contribution in [0.15, 0.2) is 0 Å². The summed E-state index contributed by atoms with van der Waals surface area (Å²) in [6.07, 6.45) is 1.03. The van der Waals surface area contributed by atoms with Crippen molar-refractivity contribution in [2.75, 3.05) is 6.54 Å². The third-order valence-corrected chi connectivity index (χ3v) is 2.48. The van der Waals surface area contributed by atoms with Crippen molar-refractivity contribution in [3.8, 4) is 0 Å². The van der Waals surface area contributed by atoms with E-state index in [1.54, 1.807) is 6.92 Å². The fourth-order valence-corrected chi connectivity index (χ4v) is 1.87. The van der Waals surface area contributed by atoms with E-state index in [0.717, 1.165) is 0 Å². The van der Waals surface area contributed by atoms with Crippen molar-refractivity contribution < 1.29 is 14.8 Å². The standard InChI is InChI=1S/C10H19NO4/c1-4-9(10(12)13)8(5-7(2)3)6-11(14)15/h7-9H,4-6H2,1-3H3,(H,12,13). The Balaban J connectivity index is 4.57. The molecular weight excluding hydrogens is 198 g/mol. The summed E-state index contributed by atoms with van der Waals surface area (Å²) in [4.78, 5) is 20.9. The van der Waals surface area contributed by atoms with Crippen molar-refractivity contribution >= 4 is 5.97 Å². The molecule has 0 aromatic carbocycles. The first-order valence-electron chi connectivity index (χ1n) is 5.23. The lowest BCUT2D eigenvalue weighted by Crippen LogP contribution is -2.29. The molecule has 15 heavy (non-hydrogen) atoms. The number of hydrogen-bond donors (Lipinski definition) is 1. The van der Waals surface area contributed by atoms with Crippen LogP contribution in [0.5, 0.6) is 0 Å². The number of carboxylic acids is 1. The van der Waals surface area contributed by atoms with Crippen LogP contribution < -0.4 is 0 Å². The molecule has 0 bridgehead atoms. The van der Waals surface area contributed by atoms with E-state index in [1.165, 1.54) is 0 Å². The predicted octanol–water partition coefficient (Wildman–Crippen LogP) is 2.04. The summed E-state index contributed by atoms with van der Waals surface area (Å²) < 4.78 is 0. The number of carbonyl (C=O) groups is 1. The minimum Gasteiger partial charge on any atom is -0.481 e. The molecule has 0 heterocycles. The second-order valence-electron chi connectivity index (χ2n) is 4.26. The van der Waals surface area contributed by atoms with Crippen molar-refractivity contribution in [3.05, 3.63) is 10.1 Å². The number of aliphatic carboxylic acids is 1. The first-order valence-corrected chi connectivity index (χ1v) is 5.23. The molecule has 0 aliphatic rings. The highest BCUT2D eigenvalue weighted by atomic mass is 16.6. The number of nitrogens with zero attached hydrogens (tertiary/aromatic N) is 1. The molecule has 5 nitrogen and oxygen atoms in total. The van der Waals surface area contributed by atoms with Crippen LogP contribution in [0.4, 0.5) is 0 Å². The van der Waals surface area contributed by atoms with Gasteiger partial charge < -0.3 is 5.11 Å². The van der Waals surface area contributed by atoms with E-state index in [9.17, 15) is 14.9 Å². The molecule has 1 N–H and O–H groups in total. The summed E-state index contributed by atoms with van der Waals surface area (Å²) in [5.74, 6) is -1.60. The van der Waals surface area contributed by atoms with Crippen LogP contribution in [0.1, 0.15) is 33.6 Å². The average Bonchev–Trinajstić information content (AvgIpc) is 2.01. The van der Waals surface area contributed by atoms with Crippen molar-refractivity contribution in [1.82, 2.24) is 0 Å². The highest BCUT2D eigenvalue weighted by Gasteiger charge is 2.30. The van der Waals surface area contributed by atoms with Crippen LogP contribution in [0.25, 0.3) is 0 Å². The molecule has 88 valence electrons. The second kappa shape index (κ2) is 6.37. The van der Waals surface area contributed by atoms with Gasteiger partial charge in [-0.3, -0.25) is 14.9 Å². The maximum Gasteiger partial charge on any atom is 0.307 e. The van der Waals surface area contributed by atoms with E-state index in [1.807, 2.05) is 13.8 Å². The first kappa shape index (κ1) is 13.9. The van der Waals surface area contributed by atoms with Gasteiger partial charge in [0.25, 0.3) is 0 Å². The zero-order valence-electron chi connectivity index (χ0n) is 9.47. The summed E-state index contributed by atoms with van der Waals surface area (Å²) >= 11 is 0. The third-order valence-electron chi connectivity index (χ3n) is 2.48. The molecule has 0 amide bonds. The molecule has 0 fully saturated rings. The Morgan fingerprint density at radius 3 is 2.27 bits per heavy atom. The quantitative estimate of drug-likeness (QED) is 0.522. The highest BCUT2D eigenvalue weighted by Crippen LogP contribution is 2.23. The Morgan fingerprint density at radius 1 is 1.47 bits per heavy atom. The Morgan fingerprint density at radius 2 is 2.00 bits per heavy atom. The molecule has 0 aliphatic carbocycles. The molecular formula is C10H19NO4. The van der Waals surface area contributed by atoms with E-state index in [-0.39, 0.29) is 18.4 Å². The van der Waals surface area contributed by atoms with Gasteiger partial charge in [0.05, 0.1) is 5.92 Å². The molecule has 0 saturated heterocycles. The molecule has 0 aliphatic heterocycles. The highest BCUT2D eigenvalue weighted by molar-refractivity contribution is 5.70. The van der Waals surface area contributed by atoms with Gasteiger partial charge in [0.1, 0.15) is 0 Å². The number of hydrogen-bond acceptors (Lipinski definition) is 3. The molecule has 5 heteroatoms. The van der Waals surface area contributed by atoms with Crippen LogP contribution in [0, 0.1) is 27.9 Å². The third kappa shape index (κ3) is 5.34. The van der Waals surface area contributed by atoms with Gasteiger partial charge in [-0.1, -0.05) is 20.8 Å². The molecule has 0 rings (SSSR count). The molecule has 0 radical (unpaired) electrons. The molecule has 2 atom stereocenters. The van der Waals surface area contributed by atoms with Crippen LogP contribution >= 0.6 is 0 Å². The van der Waals surface area contributed by atoms with Gasteiger partial charge in [-0.15, -0.1) is 0 Å². The lowest BCUT2D eigenvalue weighted by atomic mass is 9.84. The molecule has 0 spiro atoms. The van der Waals surface area contributed by atoms with Crippen molar-refractivity contribution in [3.63, 3.8) is 0 Å². The Hall–Kier alpha value is -1.13. The zero-order valence-corrected chi connectivity index (χ0v) is 9.47. The molecule has 0 aromatic rings. The van der Waals surface area contributed by atoms with Crippen molar-refractivity contribution in [2.45, 2.75) is 33.6 Å². The van der Waals surface area contributed by atoms with E-state index < -0.39 is 16.8 Å². The van der Waals surface area contributed by atoms with Crippen LogP contribution in [0.2, 0.25) is 0 Å². The minimum absolute atomic E-state index is 0.247. The van der Waals surface area contributed by atoms with Crippen LogP contribution in [0.3, 0.4) is 0 Å². The average molecular weight is 217 g/mol. The lowest BCUT2D eigenvalue weighted by molar-refractivity contribution is -0.490. The maximum atomic E-state index is 10.9. The first-order chi connectivity index (χ1) is 6.88. The van der Waals surface area contributed by atoms with Gasteiger partial charge in [0.15, 0.2) is 0 Å². The van der Waals surface area contributed by atoms with Gasteiger partial charge in [-0.25, -0.2) is 0 Å². The topological polar surface area (TPSA) is 80.4 Å². The summed E-state index contributed by atoms with van der Waals surface area (Å²) in [5.41, 5.74) is 0. The lowest BCUT2D eigenvalue weighted by Gasteiger charge is -2.20. The van der Waals surface area contributed by atoms with Crippen molar-refractivity contribution in [2.24, 2.45) is 17.8 Å². The smallest absolute Gasteiger partial charge is 0.307 e. The van der Waals surface area contributed by atoms with E-state index in [4.69, 9.17) is 5.11 Å². The van der Waals surface area contributed by atoms with E-state index in [2.05, 4.69) is 0 Å². The number of nitro groups is 1. The Kier molecular flexibility index (Phi) is 5.89. The van der Waals surface area contributed by atoms with Crippen LogP contribution in [-0.2, 0) is 4.79 Å². The Bertz CT molecular complexity index is 227. The molecule has 0 aromatic heterocycles. The normalized spacial score (nSPS) is 14.9. The molecule has 0 saturated carbocycles. The summed E-state index contributed by atoms with van der Waals surface area (Å²) in [6, 6.07) is 0. The number of carboxylic acid groups (broad SMARTS) is 1. The van der Waals surface area contributed by atoms with E-state index >= 15 is 0 Å². The summed E-state index contributed by atoms with van der Waals surface area (Å²) in [6.45, 7) is 5.40. The second-order valence-corrected chi connectivity index (χ2v) is 4.26. The van der Waals surface area contributed by atoms with Gasteiger partial charge in [0, 0.05) is 10.8 Å². The molecule has 2 unspecified atom stereocenters. The summed E-state index contributed by atoms with van der Waals surface area (Å²) in [7, 11) is 0. The minimum atomic E-state index is -0.926. The summed E-state index contributed by atoms with van der Waals surface area (Å²) in [5, 5.41) is 19.4. The fourth-order valence-electron chi connectivity index (χ4n) is 1.87.